The standard InChI is InChI=1S/C27H20ClF5N4O4/c1-40-20-4-2-15(3-5-20)13-37-19(11-22(25(29)30)26(39)35-37)14-36-23(38)8-17(27(31,32)33)9-24(36)41-21-7-16(12-34)6-18(28)10-21/h2-11,22,25H,13-14H2,1H3,(H,35,39). The van der Waals surface area contributed by atoms with Crippen LogP contribution in [-0.2, 0) is 24.1 Å². The number of alkyl halides is 5. The van der Waals surface area contributed by atoms with E-state index in [2.05, 4.69) is 5.43 Å². The predicted molar refractivity (Wildman–Crippen MR) is 136 cm³/mol. The van der Waals surface area contributed by atoms with Gasteiger partial charge in [0.05, 0.1) is 43.1 Å². The molecule has 4 rings (SSSR count). The average molecular weight is 595 g/mol. The summed E-state index contributed by atoms with van der Waals surface area (Å²) in [5.74, 6) is -3.09. The lowest BCUT2D eigenvalue weighted by Gasteiger charge is -2.34. The number of hydrazine groups is 1. The molecule has 214 valence electrons. The Morgan fingerprint density at radius 2 is 1.76 bits per heavy atom. The number of amides is 1. The highest BCUT2D eigenvalue weighted by atomic mass is 35.5. The second-order valence-electron chi connectivity index (χ2n) is 8.82. The number of nitrogens with one attached hydrogen (secondary N) is 1. The van der Waals surface area contributed by atoms with Crippen LogP contribution in [0.25, 0.3) is 0 Å². The molecule has 2 aromatic carbocycles. The van der Waals surface area contributed by atoms with Crippen molar-refractivity contribution in [2.24, 2.45) is 5.92 Å². The van der Waals surface area contributed by atoms with Crippen molar-refractivity contribution in [3.8, 4) is 23.4 Å². The number of halogens is 6. The van der Waals surface area contributed by atoms with Crippen LogP contribution in [0.4, 0.5) is 22.0 Å². The van der Waals surface area contributed by atoms with E-state index in [9.17, 15) is 36.8 Å². The molecule has 0 fully saturated rings. The number of carbonyl (C=O) groups is 1. The van der Waals surface area contributed by atoms with E-state index in [0.717, 1.165) is 10.6 Å². The molecule has 1 N–H and O–H groups in total. The Hall–Kier alpha value is -4.57. The molecule has 0 aliphatic carbocycles. The molecular weight excluding hydrogens is 575 g/mol. The maximum atomic E-state index is 13.7. The minimum absolute atomic E-state index is 0.0127. The van der Waals surface area contributed by atoms with Crippen LogP contribution in [0.2, 0.25) is 5.02 Å². The minimum Gasteiger partial charge on any atom is -0.497 e. The fourth-order valence-corrected chi connectivity index (χ4v) is 4.20. The van der Waals surface area contributed by atoms with Gasteiger partial charge in [-0.3, -0.25) is 24.6 Å². The molecule has 0 bridgehead atoms. The number of ether oxygens (including phenoxy) is 2. The van der Waals surface area contributed by atoms with Crippen LogP contribution in [0.3, 0.4) is 0 Å². The summed E-state index contributed by atoms with van der Waals surface area (Å²) in [6.45, 7) is -0.597. The largest absolute Gasteiger partial charge is 0.497 e. The van der Waals surface area contributed by atoms with Crippen molar-refractivity contribution in [2.75, 3.05) is 7.11 Å². The number of rotatable bonds is 8. The number of aromatic nitrogens is 1. The zero-order valence-electron chi connectivity index (χ0n) is 21.1. The van der Waals surface area contributed by atoms with Gasteiger partial charge in [-0.25, -0.2) is 8.78 Å². The van der Waals surface area contributed by atoms with E-state index < -0.39 is 48.0 Å². The second kappa shape index (κ2) is 11.9. The van der Waals surface area contributed by atoms with Crippen LogP contribution in [0.15, 0.2) is 71.2 Å². The van der Waals surface area contributed by atoms with E-state index in [4.69, 9.17) is 21.1 Å². The van der Waals surface area contributed by atoms with Gasteiger partial charge < -0.3 is 9.47 Å². The number of nitriles is 1. The van der Waals surface area contributed by atoms with E-state index in [1.165, 1.54) is 30.3 Å². The molecule has 41 heavy (non-hydrogen) atoms. The smallest absolute Gasteiger partial charge is 0.416 e. The lowest BCUT2D eigenvalue weighted by Crippen LogP contribution is -2.50. The van der Waals surface area contributed by atoms with Crippen molar-refractivity contribution < 1.29 is 36.2 Å². The molecule has 0 radical (unpaired) electrons. The first kappa shape index (κ1) is 29.4. The molecule has 3 aromatic rings. The van der Waals surface area contributed by atoms with E-state index in [-0.39, 0.29) is 28.6 Å². The third-order valence-corrected chi connectivity index (χ3v) is 6.22. The van der Waals surface area contributed by atoms with Crippen LogP contribution >= 0.6 is 11.6 Å². The van der Waals surface area contributed by atoms with Gasteiger partial charge in [0.2, 0.25) is 5.88 Å². The van der Waals surface area contributed by atoms with Gasteiger partial charge in [-0.1, -0.05) is 23.7 Å². The minimum atomic E-state index is -4.91. The summed E-state index contributed by atoms with van der Waals surface area (Å²) in [5.41, 5.74) is 0.534. The molecular formula is C27H20ClF5N4O4. The van der Waals surface area contributed by atoms with Crippen molar-refractivity contribution in [3.05, 3.63) is 98.4 Å². The Morgan fingerprint density at radius 1 is 1.05 bits per heavy atom. The van der Waals surface area contributed by atoms with Crippen molar-refractivity contribution >= 4 is 17.5 Å². The monoisotopic (exact) mass is 594 g/mol. The first-order valence-corrected chi connectivity index (χ1v) is 12.2. The number of methoxy groups -OCH3 is 1. The summed E-state index contributed by atoms with van der Waals surface area (Å²) >= 11 is 5.99. The zero-order chi connectivity index (χ0) is 29.9. The molecule has 14 heteroatoms. The Labute approximate surface area is 234 Å². The second-order valence-corrected chi connectivity index (χ2v) is 9.26. The summed E-state index contributed by atoms with van der Waals surface area (Å²) in [7, 11) is 1.47. The lowest BCUT2D eigenvalue weighted by atomic mass is 10.1. The van der Waals surface area contributed by atoms with Gasteiger partial charge in [-0.05, 0) is 42.0 Å². The number of pyridine rings is 1. The van der Waals surface area contributed by atoms with Crippen LogP contribution in [0.1, 0.15) is 16.7 Å². The number of benzene rings is 2. The highest BCUT2D eigenvalue weighted by Crippen LogP contribution is 2.33. The van der Waals surface area contributed by atoms with E-state index in [0.29, 0.717) is 23.4 Å². The van der Waals surface area contributed by atoms with Crippen molar-refractivity contribution in [2.45, 2.75) is 25.7 Å². The van der Waals surface area contributed by atoms with Gasteiger partial charge in [0.25, 0.3) is 17.9 Å². The molecule has 8 nitrogen and oxygen atoms in total. The topological polar surface area (TPSA) is 96.6 Å². The van der Waals surface area contributed by atoms with Gasteiger partial charge in [-0.2, -0.15) is 18.4 Å². The van der Waals surface area contributed by atoms with Crippen LogP contribution < -0.4 is 20.5 Å². The van der Waals surface area contributed by atoms with Crippen molar-refractivity contribution in [3.63, 3.8) is 0 Å². The lowest BCUT2D eigenvalue weighted by molar-refractivity contribution is -0.138. The molecule has 1 aliphatic heterocycles. The van der Waals surface area contributed by atoms with Crippen LogP contribution in [0.5, 0.6) is 17.4 Å². The molecule has 0 saturated carbocycles. The summed E-state index contributed by atoms with van der Waals surface area (Å²) in [6, 6.07) is 13.0. The number of hydrogen-bond donors (Lipinski definition) is 1. The van der Waals surface area contributed by atoms with Gasteiger partial charge >= 0.3 is 6.18 Å². The van der Waals surface area contributed by atoms with Crippen LogP contribution in [-0.4, -0.2) is 29.0 Å². The zero-order valence-corrected chi connectivity index (χ0v) is 21.8. The van der Waals surface area contributed by atoms with Crippen molar-refractivity contribution in [1.29, 1.82) is 5.26 Å². The quantitative estimate of drug-likeness (QED) is 0.346. The van der Waals surface area contributed by atoms with Gasteiger partial charge in [0.15, 0.2) is 0 Å². The van der Waals surface area contributed by atoms with E-state index >= 15 is 0 Å². The molecule has 0 spiro atoms. The van der Waals surface area contributed by atoms with Gasteiger partial charge in [0.1, 0.15) is 17.4 Å². The molecule has 2 heterocycles. The Kier molecular flexibility index (Phi) is 8.53. The first-order chi connectivity index (χ1) is 19.4. The third kappa shape index (κ3) is 6.96. The molecule has 1 atom stereocenters. The summed E-state index contributed by atoms with van der Waals surface area (Å²) in [4.78, 5) is 25.4. The maximum absolute atomic E-state index is 13.7. The fourth-order valence-electron chi connectivity index (χ4n) is 3.98. The highest BCUT2D eigenvalue weighted by Gasteiger charge is 2.35. The molecule has 1 amide bonds. The van der Waals surface area contributed by atoms with Crippen LogP contribution in [0, 0.1) is 17.2 Å². The summed E-state index contributed by atoms with van der Waals surface area (Å²) in [5, 5.41) is 10.5. The predicted octanol–water partition coefficient (Wildman–Crippen LogP) is 5.51. The third-order valence-electron chi connectivity index (χ3n) is 6.00. The molecule has 1 unspecified atom stereocenters. The highest BCUT2D eigenvalue weighted by molar-refractivity contribution is 6.30. The molecule has 1 aliphatic rings. The number of hydrogen-bond acceptors (Lipinski definition) is 6. The van der Waals surface area contributed by atoms with E-state index in [1.54, 1.807) is 24.3 Å². The maximum Gasteiger partial charge on any atom is 0.416 e. The fraction of sp³-hybridized carbons (Fsp3) is 0.222. The Morgan fingerprint density at radius 3 is 2.37 bits per heavy atom. The number of carbonyl (C=O) groups excluding carboxylic acids is 1. The SMILES string of the molecule is COc1ccc(CN2NC(=O)C(C(F)F)C=C2Cn2c(Oc3cc(Cl)cc(C#N)c3)cc(C(F)(F)F)cc2=O)cc1. The average Bonchev–Trinajstić information content (AvgIpc) is 2.90. The normalized spacial score (nSPS) is 15.3. The van der Waals surface area contributed by atoms with Gasteiger partial charge in [-0.15, -0.1) is 0 Å². The first-order valence-electron chi connectivity index (χ1n) is 11.8. The Balaban J connectivity index is 1.78. The van der Waals surface area contributed by atoms with Gasteiger partial charge in [0, 0.05) is 17.2 Å². The number of nitrogens with zero attached hydrogens (tertiary/aromatic N) is 3. The van der Waals surface area contributed by atoms with E-state index in [1.807, 2.05) is 6.07 Å². The number of allylic oxidation sites excluding steroid dienone is 1. The summed E-state index contributed by atoms with van der Waals surface area (Å²) in [6.07, 6.45) is -7.06. The van der Waals surface area contributed by atoms with Crippen molar-refractivity contribution in [1.82, 2.24) is 15.0 Å². The summed E-state index contributed by atoms with van der Waals surface area (Å²) < 4.78 is 79.5. The Bertz CT molecular complexity index is 1580. The molecule has 0 saturated heterocycles. The molecule has 1 aromatic heterocycles.